The van der Waals surface area contributed by atoms with Gasteiger partial charge in [0.15, 0.2) is 5.76 Å². The molecule has 0 saturated heterocycles. The quantitative estimate of drug-likeness (QED) is 0.847. The highest BCUT2D eigenvalue weighted by Crippen LogP contribution is 2.33. The Hall–Kier alpha value is -0.940. The highest BCUT2D eigenvalue weighted by Gasteiger charge is 2.33. The summed E-state index contributed by atoms with van der Waals surface area (Å²) in [7, 11) is 0. The molecule has 1 fully saturated rings. The van der Waals surface area contributed by atoms with E-state index in [4.69, 9.17) is 4.42 Å². The summed E-state index contributed by atoms with van der Waals surface area (Å²) in [5.41, 5.74) is -0.754. The van der Waals surface area contributed by atoms with Gasteiger partial charge in [-0.1, -0.05) is 13.3 Å². The van der Waals surface area contributed by atoms with Crippen LogP contribution in [0.5, 0.6) is 0 Å². The normalized spacial score (nSPS) is 25.8. The molecule has 0 aromatic carbocycles. The van der Waals surface area contributed by atoms with E-state index in [-0.39, 0.29) is 5.91 Å². The number of amides is 1. The van der Waals surface area contributed by atoms with E-state index in [0.29, 0.717) is 12.3 Å². The molecule has 1 amide bonds. The number of hydrogen-bond donors (Lipinski definition) is 2. The number of nitrogens with one attached hydrogen (secondary N) is 1. The van der Waals surface area contributed by atoms with Crippen molar-refractivity contribution in [1.29, 1.82) is 0 Å². The van der Waals surface area contributed by atoms with Crippen LogP contribution in [-0.2, 0) is 5.75 Å². The molecule has 0 radical (unpaired) electrons. The standard InChI is InChI=1S/C16H25NO3S/c1-3-12-6-8-16(19,9-7-12)11-17-15(18)14-5-4-13(20-14)10-21-2/h4-5,12,19H,3,6-11H2,1-2H3,(H,17,18). The van der Waals surface area contributed by atoms with Crippen LogP contribution in [0.15, 0.2) is 16.5 Å². The van der Waals surface area contributed by atoms with Gasteiger partial charge in [0.2, 0.25) is 0 Å². The number of carbonyl (C=O) groups is 1. The van der Waals surface area contributed by atoms with Crippen molar-refractivity contribution in [2.24, 2.45) is 5.92 Å². The maximum Gasteiger partial charge on any atom is 0.287 e. The Morgan fingerprint density at radius 3 is 2.81 bits per heavy atom. The fourth-order valence-electron chi connectivity index (χ4n) is 2.85. The summed E-state index contributed by atoms with van der Waals surface area (Å²) in [6, 6.07) is 3.52. The molecule has 21 heavy (non-hydrogen) atoms. The third kappa shape index (κ3) is 4.51. The van der Waals surface area contributed by atoms with Crippen molar-refractivity contribution in [3.63, 3.8) is 0 Å². The van der Waals surface area contributed by atoms with Crippen LogP contribution in [0, 0.1) is 5.92 Å². The van der Waals surface area contributed by atoms with Gasteiger partial charge in [-0.25, -0.2) is 0 Å². The largest absolute Gasteiger partial charge is 0.455 e. The first-order chi connectivity index (χ1) is 10.1. The Balaban J connectivity index is 1.83. The Labute approximate surface area is 130 Å². The summed E-state index contributed by atoms with van der Waals surface area (Å²) in [6.45, 7) is 2.50. The van der Waals surface area contributed by atoms with Crippen LogP contribution in [0.1, 0.15) is 55.3 Å². The summed E-state index contributed by atoms with van der Waals surface area (Å²) in [4.78, 5) is 12.0. The number of thioether (sulfide) groups is 1. The van der Waals surface area contributed by atoms with Crippen LogP contribution in [0.2, 0.25) is 0 Å². The Morgan fingerprint density at radius 1 is 1.48 bits per heavy atom. The summed E-state index contributed by atoms with van der Waals surface area (Å²) >= 11 is 1.65. The summed E-state index contributed by atoms with van der Waals surface area (Å²) < 4.78 is 5.48. The molecule has 1 aliphatic rings. The Bertz CT molecular complexity index is 464. The molecular weight excluding hydrogens is 286 g/mol. The molecule has 0 spiro atoms. The van der Waals surface area contributed by atoms with Gasteiger partial charge in [0, 0.05) is 6.54 Å². The molecular formula is C16H25NO3S. The van der Waals surface area contributed by atoms with Crippen molar-refractivity contribution < 1.29 is 14.3 Å². The highest BCUT2D eigenvalue weighted by molar-refractivity contribution is 7.97. The topological polar surface area (TPSA) is 62.5 Å². The van der Waals surface area contributed by atoms with Gasteiger partial charge in [-0.3, -0.25) is 4.79 Å². The SMILES string of the molecule is CCC1CCC(O)(CNC(=O)c2ccc(CSC)o2)CC1. The second kappa shape index (κ2) is 7.36. The van der Waals surface area contributed by atoms with Gasteiger partial charge in [0.25, 0.3) is 5.91 Å². The number of carbonyl (C=O) groups excluding carboxylic acids is 1. The highest BCUT2D eigenvalue weighted by atomic mass is 32.2. The zero-order valence-corrected chi connectivity index (χ0v) is 13.7. The molecule has 0 atom stereocenters. The number of furan rings is 1. The van der Waals surface area contributed by atoms with Crippen LogP contribution >= 0.6 is 11.8 Å². The molecule has 0 unspecified atom stereocenters. The van der Waals surface area contributed by atoms with Crippen molar-refractivity contribution in [3.8, 4) is 0 Å². The van der Waals surface area contributed by atoms with Crippen molar-refractivity contribution in [2.75, 3.05) is 12.8 Å². The zero-order chi connectivity index (χ0) is 15.3. The lowest BCUT2D eigenvalue weighted by atomic mass is 9.78. The lowest BCUT2D eigenvalue weighted by molar-refractivity contribution is -0.00804. The van der Waals surface area contributed by atoms with E-state index in [2.05, 4.69) is 12.2 Å². The molecule has 1 heterocycles. The van der Waals surface area contributed by atoms with Crippen LogP contribution in [0.4, 0.5) is 0 Å². The predicted molar refractivity (Wildman–Crippen MR) is 85.5 cm³/mol. The lowest BCUT2D eigenvalue weighted by Crippen LogP contribution is -2.45. The molecule has 1 saturated carbocycles. The van der Waals surface area contributed by atoms with E-state index >= 15 is 0 Å². The zero-order valence-electron chi connectivity index (χ0n) is 12.9. The molecule has 2 N–H and O–H groups in total. The van der Waals surface area contributed by atoms with Gasteiger partial charge >= 0.3 is 0 Å². The van der Waals surface area contributed by atoms with Crippen LogP contribution in [0.3, 0.4) is 0 Å². The molecule has 1 aliphatic carbocycles. The second-order valence-corrected chi connectivity index (χ2v) is 6.82. The third-order valence-electron chi connectivity index (χ3n) is 4.36. The summed E-state index contributed by atoms with van der Waals surface area (Å²) in [5, 5.41) is 13.3. The fraction of sp³-hybridized carbons (Fsp3) is 0.688. The monoisotopic (exact) mass is 311 g/mol. The predicted octanol–water partition coefficient (Wildman–Crippen LogP) is 3.20. The lowest BCUT2D eigenvalue weighted by Gasteiger charge is -2.35. The smallest absolute Gasteiger partial charge is 0.287 e. The summed E-state index contributed by atoms with van der Waals surface area (Å²) in [6.07, 6.45) is 6.78. The van der Waals surface area contributed by atoms with Crippen molar-refractivity contribution in [2.45, 2.75) is 50.4 Å². The second-order valence-electron chi connectivity index (χ2n) is 5.96. The third-order valence-corrected chi connectivity index (χ3v) is 4.94. The number of rotatable bonds is 6. The van der Waals surface area contributed by atoms with Gasteiger partial charge in [0.1, 0.15) is 5.76 Å². The maximum atomic E-state index is 12.0. The van der Waals surface area contributed by atoms with E-state index in [0.717, 1.165) is 43.1 Å². The molecule has 1 aromatic rings. The van der Waals surface area contributed by atoms with Crippen LogP contribution in [-0.4, -0.2) is 29.4 Å². The average Bonchev–Trinajstić information content (AvgIpc) is 2.95. The van der Waals surface area contributed by atoms with Gasteiger partial charge in [-0.05, 0) is 50.0 Å². The molecule has 2 rings (SSSR count). The van der Waals surface area contributed by atoms with Crippen LogP contribution in [0.25, 0.3) is 0 Å². The van der Waals surface area contributed by atoms with Gasteiger partial charge in [-0.15, -0.1) is 0 Å². The minimum Gasteiger partial charge on any atom is -0.455 e. The van der Waals surface area contributed by atoms with Crippen molar-refractivity contribution >= 4 is 17.7 Å². The van der Waals surface area contributed by atoms with E-state index in [1.165, 1.54) is 6.42 Å². The van der Waals surface area contributed by atoms with E-state index in [9.17, 15) is 9.90 Å². The molecule has 0 bridgehead atoms. The first kappa shape index (κ1) is 16.4. The van der Waals surface area contributed by atoms with Crippen molar-refractivity contribution in [1.82, 2.24) is 5.32 Å². The van der Waals surface area contributed by atoms with Gasteiger partial charge < -0.3 is 14.8 Å². The van der Waals surface area contributed by atoms with Crippen molar-refractivity contribution in [3.05, 3.63) is 23.7 Å². The van der Waals surface area contributed by atoms with Gasteiger partial charge in [-0.2, -0.15) is 11.8 Å². The van der Waals surface area contributed by atoms with E-state index < -0.39 is 5.60 Å². The first-order valence-electron chi connectivity index (χ1n) is 7.64. The van der Waals surface area contributed by atoms with Gasteiger partial charge in [0.05, 0.1) is 11.4 Å². The summed E-state index contributed by atoms with van der Waals surface area (Å²) in [5.74, 6) is 2.36. The number of aliphatic hydroxyl groups is 1. The number of hydrogen-bond acceptors (Lipinski definition) is 4. The minimum absolute atomic E-state index is 0.242. The first-order valence-corrected chi connectivity index (χ1v) is 9.04. The molecule has 118 valence electrons. The molecule has 1 aromatic heterocycles. The van der Waals surface area contributed by atoms with E-state index in [1.807, 2.05) is 12.3 Å². The average molecular weight is 311 g/mol. The van der Waals surface area contributed by atoms with Crippen LogP contribution < -0.4 is 5.32 Å². The molecule has 4 nitrogen and oxygen atoms in total. The maximum absolute atomic E-state index is 12.0. The van der Waals surface area contributed by atoms with E-state index in [1.54, 1.807) is 17.8 Å². The molecule has 0 aliphatic heterocycles. The Morgan fingerprint density at radius 2 is 2.19 bits per heavy atom. The fourth-order valence-corrected chi connectivity index (χ4v) is 3.29. The minimum atomic E-state index is -0.754. The Kier molecular flexibility index (Phi) is 5.76. The molecule has 5 heteroatoms.